The molecule has 0 aliphatic carbocycles. The second kappa shape index (κ2) is 6.86. The average molecular weight is 351 g/mol. The summed E-state index contributed by atoms with van der Waals surface area (Å²) >= 11 is 3.24. The molecule has 4 aromatic heterocycles. The minimum atomic E-state index is 0.575. The Labute approximate surface area is 147 Å². The summed E-state index contributed by atoms with van der Waals surface area (Å²) < 4.78 is 0. The molecule has 0 saturated carbocycles. The van der Waals surface area contributed by atoms with E-state index in [1.165, 1.54) is 0 Å². The van der Waals surface area contributed by atoms with Crippen LogP contribution in [0.2, 0.25) is 0 Å². The Bertz CT molecular complexity index is 906. The smallest absolute Gasteiger partial charge is 0.223 e. The summed E-state index contributed by atoms with van der Waals surface area (Å²) in [6.07, 6.45) is 5.43. The highest BCUT2D eigenvalue weighted by Gasteiger charge is 2.14. The zero-order chi connectivity index (χ0) is 16.2. The quantitative estimate of drug-likeness (QED) is 0.579. The second-order valence-corrected chi connectivity index (χ2v) is 6.79. The molecule has 24 heavy (non-hydrogen) atoms. The van der Waals surface area contributed by atoms with Crippen LogP contribution < -0.4 is 5.32 Å². The summed E-state index contributed by atoms with van der Waals surface area (Å²) in [5.41, 5.74) is 2.80. The predicted molar refractivity (Wildman–Crippen MR) is 98.0 cm³/mol. The zero-order valence-electron chi connectivity index (χ0n) is 12.6. The van der Waals surface area contributed by atoms with Crippen molar-refractivity contribution in [2.45, 2.75) is 6.54 Å². The lowest BCUT2D eigenvalue weighted by Crippen LogP contribution is -2.05. The van der Waals surface area contributed by atoms with Gasteiger partial charge in [-0.15, -0.1) is 22.7 Å². The summed E-state index contributed by atoms with van der Waals surface area (Å²) in [6, 6.07) is 9.93. The Kier molecular flexibility index (Phi) is 4.26. The van der Waals surface area contributed by atoms with E-state index < -0.39 is 0 Å². The summed E-state index contributed by atoms with van der Waals surface area (Å²) in [5, 5.41) is 8.13. The minimum absolute atomic E-state index is 0.575. The fourth-order valence-corrected chi connectivity index (χ4v) is 3.63. The maximum absolute atomic E-state index is 4.69. The lowest BCUT2D eigenvalue weighted by Gasteiger charge is -2.08. The van der Waals surface area contributed by atoms with Gasteiger partial charge >= 0.3 is 0 Å². The topological polar surface area (TPSA) is 63.6 Å². The highest BCUT2D eigenvalue weighted by Crippen LogP contribution is 2.34. The van der Waals surface area contributed by atoms with Gasteiger partial charge in [0.05, 0.1) is 12.2 Å². The highest BCUT2D eigenvalue weighted by molar-refractivity contribution is 7.14. The Hall–Kier alpha value is -2.64. The number of thiazole rings is 1. The Morgan fingerprint density at radius 1 is 0.917 bits per heavy atom. The number of hydrogen-bond donors (Lipinski definition) is 1. The van der Waals surface area contributed by atoms with Gasteiger partial charge in [0.2, 0.25) is 5.95 Å². The van der Waals surface area contributed by atoms with Gasteiger partial charge in [-0.1, -0.05) is 12.1 Å². The van der Waals surface area contributed by atoms with Crippen LogP contribution in [-0.4, -0.2) is 19.9 Å². The van der Waals surface area contributed by atoms with Crippen LogP contribution >= 0.6 is 22.7 Å². The second-order valence-electron chi connectivity index (χ2n) is 4.95. The molecule has 4 rings (SSSR count). The SMILES string of the molecule is c1ccc(CNc2ncc(-c3cccs3)c(-c3nccs3)n2)nc1. The Morgan fingerprint density at radius 3 is 2.67 bits per heavy atom. The zero-order valence-corrected chi connectivity index (χ0v) is 14.2. The fourth-order valence-electron chi connectivity index (χ4n) is 2.25. The van der Waals surface area contributed by atoms with E-state index >= 15 is 0 Å². The maximum Gasteiger partial charge on any atom is 0.223 e. The first-order valence-electron chi connectivity index (χ1n) is 7.35. The van der Waals surface area contributed by atoms with Gasteiger partial charge in [0.1, 0.15) is 10.7 Å². The third-order valence-electron chi connectivity index (χ3n) is 3.36. The van der Waals surface area contributed by atoms with E-state index in [-0.39, 0.29) is 0 Å². The largest absolute Gasteiger partial charge is 0.349 e. The van der Waals surface area contributed by atoms with Gasteiger partial charge in [-0.25, -0.2) is 15.0 Å². The lowest BCUT2D eigenvalue weighted by atomic mass is 10.2. The van der Waals surface area contributed by atoms with Crippen LogP contribution in [0.5, 0.6) is 0 Å². The molecule has 0 spiro atoms. The van der Waals surface area contributed by atoms with Gasteiger partial charge in [0.15, 0.2) is 0 Å². The minimum Gasteiger partial charge on any atom is -0.349 e. The van der Waals surface area contributed by atoms with Crippen molar-refractivity contribution in [3.8, 4) is 21.1 Å². The predicted octanol–water partition coefficient (Wildman–Crippen LogP) is 4.34. The van der Waals surface area contributed by atoms with E-state index in [1.807, 2.05) is 41.2 Å². The normalized spacial score (nSPS) is 10.7. The van der Waals surface area contributed by atoms with E-state index in [1.54, 1.807) is 35.1 Å². The molecule has 5 nitrogen and oxygen atoms in total. The number of hydrogen-bond acceptors (Lipinski definition) is 7. The number of anilines is 1. The van der Waals surface area contributed by atoms with Crippen LogP contribution in [0.3, 0.4) is 0 Å². The number of aromatic nitrogens is 4. The van der Waals surface area contributed by atoms with Crippen molar-refractivity contribution < 1.29 is 0 Å². The molecule has 0 aromatic carbocycles. The van der Waals surface area contributed by atoms with Crippen molar-refractivity contribution in [3.63, 3.8) is 0 Å². The molecule has 1 N–H and O–H groups in total. The molecule has 4 heterocycles. The third kappa shape index (κ3) is 3.17. The molecule has 0 saturated heterocycles. The van der Waals surface area contributed by atoms with Gasteiger partial charge < -0.3 is 5.32 Å². The van der Waals surface area contributed by atoms with E-state index in [9.17, 15) is 0 Å². The number of thiophene rings is 1. The van der Waals surface area contributed by atoms with Crippen molar-refractivity contribution >= 4 is 28.6 Å². The summed E-state index contributed by atoms with van der Waals surface area (Å²) in [5.74, 6) is 0.575. The van der Waals surface area contributed by atoms with Gasteiger partial charge in [-0.05, 0) is 23.6 Å². The summed E-state index contributed by atoms with van der Waals surface area (Å²) in [6.45, 7) is 0.580. The summed E-state index contributed by atoms with van der Waals surface area (Å²) in [4.78, 5) is 19.0. The molecule has 7 heteroatoms. The Balaban J connectivity index is 1.66. The molecule has 0 unspecified atom stereocenters. The first-order chi connectivity index (χ1) is 11.9. The van der Waals surface area contributed by atoms with Gasteiger partial charge in [0.25, 0.3) is 0 Å². The van der Waals surface area contributed by atoms with Crippen molar-refractivity contribution in [3.05, 3.63) is 65.4 Å². The molecular weight excluding hydrogens is 338 g/mol. The fraction of sp³-hybridized carbons (Fsp3) is 0.0588. The van der Waals surface area contributed by atoms with Gasteiger partial charge in [-0.2, -0.15) is 0 Å². The molecule has 0 bridgehead atoms. The molecule has 0 aliphatic rings. The molecule has 4 aromatic rings. The standard InChI is InChI=1S/C17H13N5S2/c1-2-6-18-12(4-1)10-20-17-21-11-13(14-5-3-8-23-14)15(22-17)16-19-7-9-24-16/h1-9,11H,10H2,(H,20,21,22). The first kappa shape index (κ1) is 14.9. The number of pyridine rings is 1. The van der Waals surface area contributed by atoms with Crippen LogP contribution in [0.1, 0.15) is 5.69 Å². The summed E-state index contributed by atoms with van der Waals surface area (Å²) in [7, 11) is 0. The lowest BCUT2D eigenvalue weighted by molar-refractivity contribution is 1.00. The molecule has 0 atom stereocenters. The third-order valence-corrected chi connectivity index (χ3v) is 5.05. The molecular formula is C17H13N5S2. The van der Waals surface area contributed by atoms with Crippen LogP contribution in [0.15, 0.2) is 59.7 Å². The van der Waals surface area contributed by atoms with Crippen LogP contribution in [0, 0.1) is 0 Å². The first-order valence-corrected chi connectivity index (χ1v) is 9.10. The van der Waals surface area contributed by atoms with Gasteiger partial charge in [-0.3, -0.25) is 4.98 Å². The number of nitrogens with zero attached hydrogens (tertiary/aromatic N) is 4. The average Bonchev–Trinajstić information content (AvgIpc) is 3.34. The molecule has 0 fully saturated rings. The van der Waals surface area contributed by atoms with Crippen LogP contribution in [-0.2, 0) is 6.54 Å². The molecule has 0 aliphatic heterocycles. The monoisotopic (exact) mass is 351 g/mol. The van der Waals surface area contributed by atoms with Crippen LogP contribution in [0.4, 0.5) is 5.95 Å². The van der Waals surface area contributed by atoms with E-state index in [4.69, 9.17) is 4.98 Å². The Morgan fingerprint density at radius 2 is 1.92 bits per heavy atom. The molecule has 0 radical (unpaired) electrons. The van der Waals surface area contributed by atoms with E-state index in [0.717, 1.165) is 26.8 Å². The van der Waals surface area contributed by atoms with Gasteiger partial charge in [0, 0.05) is 34.4 Å². The highest BCUT2D eigenvalue weighted by atomic mass is 32.1. The molecule has 0 amide bonds. The van der Waals surface area contributed by atoms with Crippen LogP contribution in [0.25, 0.3) is 21.1 Å². The van der Waals surface area contributed by atoms with E-state index in [0.29, 0.717) is 12.5 Å². The van der Waals surface area contributed by atoms with Crippen molar-refractivity contribution in [2.24, 2.45) is 0 Å². The number of nitrogens with one attached hydrogen (secondary N) is 1. The van der Waals surface area contributed by atoms with Crippen molar-refractivity contribution in [1.82, 2.24) is 19.9 Å². The number of rotatable bonds is 5. The maximum atomic E-state index is 4.69. The van der Waals surface area contributed by atoms with Crippen molar-refractivity contribution in [1.29, 1.82) is 0 Å². The van der Waals surface area contributed by atoms with E-state index in [2.05, 4.69) is 26.3 Å². The van der Waals surface area contributed by atoms with Crippen molar-refractivity contribution in [2.75, 3.05) is 5.32 Å². The molecule has 118 valence electrons.